The van der Waals surface area contributed by atoms with E-state index in [-0.39, 0.29) is 16.8 Å². The van der Waals surface area contributed by atoms with Gasteiger partial charge in [0.05, 0.1) is 10.6 Å². The molecule has 1 saturated carbocycles. The molecular weight excluding hydrogens is 380 g/mol. The van der Waals surface area contributed by atoms with Crippen molar-refractivity contribution in [2.24, 2.45) is 0 Å². The van der Waals surface area contributed by atoms with E-state index in [0.29, 0.717) is 15.7 Å². The van der Waals surface area contributed by atoms with E-state index in [2.05, 4.69) is 26.0 Å². The van der Waals surface area contributed by atoms with Crippen molar-refractivity contribution in [2.45, 2.75) is 23.8 Å². The van der Waals surface area contributed by atoms with Gasteiger partial charge < -0.3 is 5.32 Å². The second kappa shape index (κ2) is 6.33. The summed E-state index contributed by atoms with van der Waals surface area (Å²) in [6, 6.07) is 13.2. The molecule has 0 aromatic heterocycles. The number of nitrogens with one attached hydrogen (secondary N) is 2. The highest BCUT2D eigenvalue weighted by Crippen LogP contribution is 2.25. The molecule has 1 fully saturated rings. The van der Waals surface area contributed by atoms with Crippen molar-refractivity contribution in [3.63, 3.8) is 0 Å². The minimum atomic E-state index is -3.76. The van der Waals surface area contributed by atoms with E-state index in [4.69, 9.17) is 0 Å². The predicted molar refractivity (Wildman–Crippen MR) is 91.9 cm³/mol. The zero-order valence-corrected chi connectivity index (χ0v) is 14.5. The highest BCUT2D eigenvalue weighted by molar-refractivity contribution is 9.10. The Hall–Kier alpha value is -1.86. The van der Waals surface area contributed by atoms with Gasteiger partial charge in [0.2, 0.25) is 0 Å². The van der Waals surface area contributed by atoms with Crippen LogP contribution in [0, 0.1) is 0 Å². The predicted octanol–water partition coefficient (Wildman–Crippen LogP) is 3.14. The maximum atomic E-state index is 12.5. The van der Waals surface area contributed by atoms with E-state index < -0.39 is 10.0 Å². The molecule has 0 bridgehead atoms. The molecule has 0 saturated heterocycles. The number of amides is 1. The van der Waals surface area contributed by atoms with Gasteiger partial charge in [-0.25, -0.2) is 8.42 Å². The second-order valence-corrected chi connectivity index (χ2v) is 7.90. The van der Waals surface area contributed by atoms with Crippen LogP contribution in [0.4, 0.5) is 5.69 Å². The maximum Gasteiger partial charge on any atom is 0.261 e. The summed E-state index contributed by atoms with van der Waals surface area (Å²) in [5.41, 5.74) is 0.784. The van der Waals surface area contributed by atoms with Crippen LogP contribution in [0.25, 0.3) is 0 Å². The van der Waals surface area contributed by atoms with Gasteiger partial charge in [-0.15, -0.1) is 0 Å². The lowest BCUT2D eigenvalue weighted by Gasteiger charge is -2.11. The number of carbonyl (C=O) groups is 1. The van der Waals surface area contributed by atoms with Crippen molar-refractivity contribution in [3.05, 3.63) is 58.6 Å². The third kappa shape index (κ3) is 3.92. The Balaban J connectivity index is 1.85. The molecule has 1 aliphatic rings. The van der Waals surface area contributed by atoms with E-state index in [9.17, 15) is 13.2 Å². The highest BCUT2D eigenvalue weighted by Gasteiger charge is 2.24. The number of sulfonamides is 1. The van der Waals surface area contributed by atoms with Crippen molar-refractivity contribution in [1.82, 2.24) is 5.32 Å². The summed E-state index contributed by atoms with van der Waals surface area (Å²) in [4.78, 5) is 12.1. The van der Waals surface area contributed by atoms with E-state index in [1.54, 1.807) is 36.4 Å². The van der Waals surface area contributed by atoms with Crippen LogP contribution in [0.3, 0.4) is 0 Å². The van der Waals surface area contributed by atoms with Crippen molar-refractivity contribution >= 4 is 37.5 Å². The molecule has 0 atom stereocenters. The quantitative estimate of drug-likeness (QED) is 0.817. The lowest BCUT2D eigenvalue weighted by molar-refractivity contribution is 0.0951. The largest absolute Gasteiger partial charge is 0.349 e. The third-order valence-corrected chi connectivity index (χ3v) is 5.49. The SMILES string of the molecule is O=C(NC1CC1)c1cccc(S(=O)(=O)Nc2ccccc2Br)c1. The number of para-hydroxylation sites is 1. The van der Waals surface area contributed by atoms with Crippen molar-refractivity contribution in [1.29, 1.82) is 0 Å². The molecule has 2 N–H and O–H groups in total. The van der Waals surface area contributed by atoms with Crippen LogP contribution in [-0.2, 0) is 10.0 Å². The van der Waals surface area contributed by atoms with Gasteiger partial charge in [0.25, 0.3) is 15.9 Å². The molecule has 1 amide bonds. The number of halogens is 1. The zero-order valence-electron chi connectivity index (χ0n) is 12.1. The van der Waals surface area contributed by atoms with Gasteiger partial charge in [-0.1, -0.05) is 18.2 Å². The minimum Gasteiger partial charge on any atom is -0.349 e. The lowest BCUT2D eigenvalue weighted by atomic mass is 10.2. The maximum absolute atomic E-state index is 12.5. The van der Waals surface area contributed by atoms with E-state index in [1.807, 2.05) is 0 Å². The Morgan fingerprint density at radius 2 is 1.83 bits per heavy atom. The summed E-state index contributed by atoms with van der Waals surface area (Å²) in [7, 11) is -3.76. The highest BCUT2D eigenvalue weighted by atomic mass is 79.9. The van der Waals surface area contributed by atoms with Crippen LogP contribution in [0.15, 0.2) is 57.9 Å². The molecule has 2 aromatic rings. The smallest absolute Gasteiger partial charge is 0.261 e. The Morgan fingerprint density at radius 3 is 2.52 bits per heavy atom. The standard InChI is InChI=1S/C16H15BrN2O3S/c17-14-6-1-2-7-15(14)19-23(21,22)13-5-3-4-11(10-13)16(20)18-12-8-9-12/h1-7,10,12,19H,8-9H2,(H,18,20). The molecule has 0 unspecified atom stereocenters. The third-order valence-electron chi connectivity index (χ3n) is 3.44. The van der Waals surface area contributed by atoms with Gasteiger partial charge in [-0.2, -0.15) is 0 Å². The van der Waals surface area contributed by atoms with Crippen LogP contribution in [-0.4, -0.2) is 20.4 Å². The van der Waals surface area contributed by atoms with Crippen molar-refractivity contribution in [3.8, 4) is 0 Å². The molecular formula is C16H15BrN2O3S. The average molecular weight is 395 g/mol. The fraction of sp³-hybridized carbons (Fsp3) is 0.188. The Bertz CT molecular complexity index is 848. The molecule has 0 aliphatic heterocycles. The molecule has 0 heterocycles. The lowest BCUT2D eigenvalue weighted by Crippen LogP contribution is -2.25. The molecule has 120 valence electrons. The van der Waals surface area contributed by atoms with Crippen LogP contribution < -0.4 is 10.0 Å². The number of rotatable bonds is 5. The van der Waals surface area contributed by atoms with Gasteiger partial charge in [-0.05, 0) is 59.1 Å². The van der Waals surface area contributed by atoms with E-state index in [1.165, 1.54) is 12.1 Å². The average Bonchev–Trinajstić information content (AvgIpc) is 3.33. The number of carbonyl (C=O) groups excluding carboxylic acids is 1. The van der Waals surface area contributed by atoms with Crippen LogP contribution in [0.2, 0.25) is 0 Å². The summed E-state index contributed by atoms with van der Waals surface area (Å²) in [5, 5.41) is 2.85. The van der Waals surface area contributed by atoms with Gasteiger partial charge in [-0.3, -0.25) is 9.52 Å². The summed E-state index contributed by atoms with van der Waals surface area (Å²) in [6.45, 7) is 0. The van der Waals surface area contributed by atoms with E-state index >= 15 is 0 Å². The number of hydrogen-bond acceptors (Lipinski definition) is 3. The summed E-state index contributed by atoms with van der Waals surface area (Å²) >= 11 is 3.30. The van der Waals surface area contributed by atoms with Gasteiger partial charge in [0, 0.05) is 16.1 Å². The van der Waals surface area contributed by atoms with Crippen LogP contribution >= 0.6 is 15.9 Å². The molecule has 7 heteroatoms. The zero-order chi connectivity index (χ0) is 16.4. The van der Waals surface area contributed by atoms with Crippen LogP contribution in [0.1, 0.15) is 23.2 Å². The molecule has 0 radical (unpaired) electrons. The first-order chi connectivity index (χ1) is 11.0. The van der Waals surface area contributed by atoms with Crippen molar-refractivity contribution in [2.75, 3.05) is 4.72 Å². The topological polar surface area (TPSA) is 75.3 Å². The summed E-state index contributed by atoms with van der Waals surface area (Å²) in [6.07, 6.45) is 1.96. The first-order valence-electron chi connectivity index (χ1n) is 7.14. The fourth-order valence-corrected chi connectivity index (χ4v) is 3.69. The van der Waals surface area contributed by atoms with Crippen LogP contribution in [0.5, 0.6) is 0 Å². The fourth-order valence-electron chi connectivity index (χ4n) is 2.05. The van der Waals surface area contributed by atoms with Gasteiger partial charge >= 0.3 is 0 Å². The van der Waals surface area contributed by atoms with Crippen molar-refractivity contribution < 1.29 is 13.2 Å². The Kier molecular flexibility index (Phi) is 4.41. The second-order valence-electron chi connectivity index (χ2n) is 5.36. The molecule has 1 aliphatic carbocycles. The Morgan fingerprint density at radius 1 is 1.09 bits per heavy atom. The monoisotopic (exact) mass is 394 g/mol. The molecule has 23 heavy (non-hydrogen) atoms. The first kappa shape index (κ1) is 16.0. The normalized spacial score (nSPS) is 14.3. The van der Waals surface area contributed by atoms with Gasteiger partial charge in [0.1, 0.15) is 0 Å². The first-order valence-corrected chi connectivity index (χ1v) is 9.41. The van der Waals surface area contributed by atoms with Gasteiger partial charge in [0.15, 0.2) is 0 Å². The summed E-state index contributed by atoms with van der Waals surface area (Å²) < 4.78 is 28.2. The summed E-state index contributed by atoms with van der Waals surface area (Å²) in [5.74, 6) is -0.245. The number of benzene rings is 2. The number of hydrogen-bond donors (Lipinski definition) is 2. The molecule has 0 spiro atoms. The molecule has 2 aromatic carbocycles. The Labute approximate surface area is 143 Å². The molecule has 3 rings (SSSR count). The minimum absolute atomic E-state index is 0.0525. The van der Waals surface area contributed by atoms with E-state index in [0.717, 1.165) is 12.8 Å². The number of anilines is 1. The molecule has 5 nitrogen and oxygen atoms in total.